The first-order valence-electron chi connectivity index (χ1n) is 7.81. The van der Waals surface area contributed by atoms with E-state index in [1.807, 2.05) is 0 Å². The predicted molar refractivity (Wildman–Crippen MR) is 63.4 cm³/mol. The van der Waals surface area contributed by atoms with Crippen molar-refractivity contribution in [2.24, 2.45) is 0 Å². The van der Waals surface area contributed by atoms with Crippen LogP contribution in [0.15, 0.2) is 11.9 Å². The van der Waals surface area contributed by atoms with Crippen molar-refractivity contribution in [3.05, 3.63) is 11.9 Å². The highest BCUT2D eigenvalue weighted by molar-refractivity contribution is 5.13. The van der Waals surface area contributed by atoms with E-state index >= 15 is 0 Å². The average Bonchev–Trinajstić information content (AvgIpc) is 2.62. The zero-order valence-corrected chi connectivity index (χ0v) is 18.8. The standard InChI is InChI=1S/C12F26N.HI/c13-1(2(14)15)3(16,17)39(11(33,34)35,12(36,37)38)10(31,32)8(26,27)6(22,23)4(18,19)5(20,21)7(24,25)9(28,29)30;/h;1H/q+1;/p-1. The SMILES string of the molecule is FC(F)=C(F)C(F)(F)[N+](C(F)(F)F)(C(F)(F)F)C(F)(F)C(F)(F)C(F)(F)C(F)(F)C(F)(F)C(F)(F)C(F)(F)F.[I-]. The third kappa shape index (κ3) is 4.77. The topological polar surface area (TPSA) is 0 Å². The summed E-state index contributed by atoms with van der Waals surface area (Å²) in [4.78, 5) is 0. The minimum Gasteiger partial charge on any atom is -1.00 e. The molecule has 0 radical (unpaired) electrons. The van der Waals surface area contributed by atoms with E-state index in [-0.39, 0.29) is 24.0 Å². The lowest BCUT2D eigenvalue weighted by Gasteiger charge is -2.49. The number of hydrogen-bond donors (Lipinski definition) is 0. The summed E-state index contributed by atoms with van der Waals surface area (Å²) in [7, 11) is 0. The van der Waals surface area contributed by atoms with Crippen molar-refractivity contribution in [3.8, 4) is 0 Å². The Morgan fingerprint density at radius 2 is 0.625 bits per heavy atom. The maximum Gasteiger partial charge on any atom is 0.579 e. The van der Waals surface area contributed by atoms with Crippen LogP contribution in [-0.4, -0.2) is 65.0 Å². The van der Waals surface area contributed by atoms with Crippen LogP contribution in [0.1, 0.15) is 0 Å². The van der Waals surface area contributed by atoms with Gasteiger partial charge in [-0.3, -0.25) is 0 Å². The minimum atomic E-state index is -10.1. The van der Waals surface area contributed by atoms with E-state index in [0.717, 1.165) is 0 Å². The van der Waals surface area contributed by atoms with Crippen LogP contribution in [0.4, 0.5) is 114 Å². The molecule has 0 heterocycles. The second-order valence-electron chi connectivity index (χ2n) is 6.63. The number of hydrogen-bond acceptors (Lipinski definition) is 0. The van der Waals surface area contributed by atoms with Crippen LogP contribution in [0.5, 0.6) is 0 Å². The van der Waals surface area contributed by atoms with Crippen LogP contribution in [0.25, 0.3) is 0 Å². The number of alkyl halides is 23. The molecule has 0 aliphatic rings. The largest absolute Gasteiger partial charge is 1.00 e. The third-order valence-electron chi connectivity index (χ3n) is 4.34. The van der Waals surface area contributed by atoms with Crippen molar-refractivity contribution in [3.63, 3.8) is 0 Å². The summed E-state index contributed by atoms with van der Waals surface area (Å²) >= 11 is 0. The second kappa shape index (κ2) is 10.1. The average molecular weight is 779 g/mol. The van der Waals surface area contributed by atoms with E-state index < -0.39 is 76.9 Å². The van der Waals surface area contributed by atoms with Crippen LogP contribution in [0.2, 0.25) is 0 Å². The number of quaternary nitrogens is 1. The Morgan fingerprint density at radius 3 is 0.850 bits per heavy atom. The summed E-state index contributed by atoms with van der Waals surface area (Å²) in [6.45, 7) is 0. The van der Waals surface area contributed by atoms with Gasteiger partial charge in [-0.1, -0.05) is 0 Å². The fourth-order valence-electron chi connectivity index (χ4n) is 2.39. The second-order valence-corrected chi connectivity index (χ2v) is 6.63. The molecular formula is C12F26IN. The van der Waals surface area contributed by atoms with Crippen LogP contribution in [0.3, 0.4) is 0 Å². The van der Waals surface area contributed by atoms with Gasteiger partial charge in [0.15, 0.2) is 0 Å². The normalized spacial score (nSPS) is 16.1. The molecule has 0 aromatic heterocycles. The van der Waals surface area contributed by atoms with Crippen molar-refractivity contribution in [2.45, 2.75) is 60.5 Å². The Hall–Kier alpha value is -1.39. The molecular weight excluding hydrogens is 779 g/mol. The summed E-state index contributed by atoms with van der Waals surface area (Å²) < 4.78 is 330. The van der Waals surface area contributed by atoms with Gasteiger partial charge in [-0.15, -0.1) is 43.9 Å². The van der Waals surface area contributed by atoms with Gasteiger partial charge >= 0.3 is 66.6 Å². The molecule has 28 heteroatoms. The molecule has 1 nitrogen and oxygen atoms in total. The number of rotatable bonds is 8. The Kier molecular flexibility index (Phi) is 10.3. The van der Waals surface area contributed by atoms with Crippen LogP contribution < -0.4 is 24.0 Å². The molecule has 0 saturated carbocycles. The van der Waals surface area contributed by atoms with Crippen molar-refractivity contribution in [1.29, 1.82) is 0 Å². The highest BCUT2D eigenvalue weighted by Gasteiger charge is 3.04. The lowest BCUT2D eigenvalue weighted by molar-refractivity contribution is -1.21. The third-order valence-corrected chi connectivity index (χ3v) is 4.34. The van der Waals surface area contributed by atoms with Crippen molar-refractivity contribution < 1.29 is 143 Å². The molecule has 242 valence electrons. The first-order chi connectivity index (χ1) is 16.4. The Balaban J connectivity index is 0. The molecule has 40 heavy (non-hydrogen) atoms. The maximum atomic E-state index is 14.0. The van der Waals surface area contributed by atoms with E-state index in [1.54, 1.807) is 0 Å². The maximum absolute atomic E-state index is 14.0. The van der Waals surface area contributed by atoms with E-state index in [9.17, 15) is 114 Å². The molecule has 0 rings (SSSR count). The molecule has 0 N–H and O–H groups in total. The highest BCUT2D eigenvalue weighted by atomic mass is 127. The van der Waals surface area contributed by atoms with Gasteiger partial charge in [-0.05, 0) is 4.48 Å². The van der Waals surface area contributed by atoms with E-state index in [0.29, 0.717) is 0 Å². The molecule has 0 aromatic rings. The zero-order chi connectivity index (χ0) is 32.7. The number of halogens is 27. The van der Waals surface area contributed by atoms with Gasteiger partial charge < -0.3 is 24.0 Å². The molecule has 0 amide bonds. The molecule has 0 saturated heterocycles. The summed E-state index contributed by atoms with van der Waals surface area (Å²) in [6, 6.07) is -19.2. The zero-order valence-electron chi connectivity index (χ0n) is 16.7. The van der Waals surface area contributed by atoms with Crippen LogP contribution >= 0.6 is 0 Å². The Bertz CT molecular complexity index is 928. The lowest BCUT2D eigenvalue weighted by atomic mass is 9.92. The van der Waals surface area contributed by atoms with Crippen molar-refractivity contribution in [1.82, 2.24) is 0 Å². The van der Waals surface area contributed by atoms with Gasteiger partial charge in [-0.2, -0.15) is 70.2 Å². The summed E-state index contributed by atoms with van der Waals surface area (Å²) in [5.41, 5.74) is 0. The van der Waals surface area contributed by atoms with Crippen LogP contribution in [0, 0.1) is 0 Å². The fourth-order valence-corrected chi connectivity index (χ4v) is 2.39. The minimum absolute atomic E-state index is 0. The van der Waals surface area contributed by atoms with Gasteiger partial charge in [0.25, 0.3) is 5.83 Å². The van der Waals surface area contributed by atoms with Gasteiger partial charge in [0.1, 0.15) is 0 Å². The predicted octanol–water partition coefficient (Wildman–Crippen LogP) is 5.85. The fraction of sp³-hybridized carbons (Fsp3) is 0.833. The van der Waals surface area contributed by atoms with E-state index in [4.69, 9.17) is 0 Å². The first kappa shape index (κ1) is 40.7. The molecule has 0 aromatic carbocycles. The summed E-state index contributed by atoms with van der Waals surface area (Å²) in [5.74, 6) is -53.1. The van der Waals surface area contributed by atoms with Crippen molar-refractivity contribution >= 4 is 0 Å². The van der Waals surface area contributed by atoms with Crippen LogP contribution in [-0.2, 0) is 0 Å². The van der Waals surface area contributed by atoms with E-state index in [2.05, 4.69) is 0 Å². The van der Waals surface area contributed by atoms with Gasteiger partial charge in [-0.25, -0.2) is 0 Å². The molecule has 0 unspecified atom stereocenters. The molecule has 0 aliphatic heterocycles. The van der Waals surface area contributed by atoms with Gasteiger partial charge in [0, 0.05) is 0 Å². The molecule has 0 bridgehead atoms. The smallest absolute Gasteiger partial charge is 0.579 e. The Labute approximate surface area is 215 Å². The molecule has 0 aliphatic carbocycles. The first-order valence-corrected chi connectivity index (χ1v) is 7.81. The van der Waals surface area contributed by atoms with E-state index in [1.165, 1.54) is 0 Å². The summed E-state index contributed by atoms with van der Waals surface area (Å²) in [5, 5.41) is 0. The lowest BCUT2D eigenvalue weighted by Crippen LogP contribution is -3.00. The van der Waals surface area contributed by atoms with Gasteiger partial charge in [0.05, 0.1) is 0 Å². The summed E-state index contributed by atoms with van der Waals surface area (Å²) in [6.07, 6.45) is -32.1. The molecule has 0 spiro atoms. The Morgan fingerprint density at radius 1 is 0.375 bits per heavy atom. The molecule has 0 fully saturated rings. The monoisotopic (exact) mass is 779 g/mol. The van der Waals surface area contributed by atoms with Crippen molar-refractivity contribution in [2.75, 3.05) is 0 Å². The molecule has 0 atom stereocenters. The van der Waals surface area contributed by atoms with Gasteiger partial charge in [0.2, 0.25) is 0 Å². The number of nitrogens with zero attached hydrogens (tertiary/aromatic N) is 1. The quantitative estimate of drug-likeness (QED) is 0.126. The highest BCUT2D eigenvalue weighted by Crippen LogP contribution is 2.68.